The fourth-order valence-corrected chi connectivity index (χ4v) is 2.95. The van der Waals surface area contributed by atoms with Gasteiger partial charge in [-0.3, -0.25) is 4.79 Å². The molecule has 0 spiro atoms. The van der Waals surface area contributed by atoms with E-state index in [0.717, 1.165) is 16.5 Å². The van der Waals surface area contributed by atoms with E-state index in [0.29, 0.717) is 16.5 Å². The van der Waals surface area contributed by atoms with Crippen LogP contribution >= 0.6 is 11.6 Å². The molecule has 0 radical (unpaired) electrons. The van der Waals surface area contributed by atoms with Crippen molar-refractivity contribution in [3.05, 3.63) is 65.7 Å². The molecule has 0 atom stereocenters. The van der Waals surface area contributed by atoms with Crippen molar-refractivity contribution in [1.82, 2.24) is 0 Å². The Morgan fingerprint density at radius 3 is 2.31 bits per heavy atom. The molecule has 3 rings (SSSR count). The molecule has 0 aromatic heterocycles. The van der Waals surface area contributed by atoms with Crippen LogP contribution in [-0.2, 0) is 14.3 Å². The lowest BCUT2D eigenvalue weighted by Crippen LogP contribution is -2.23. The van der Waals surface area contributed by atoms with Crippen LogP contribution in [0.1, 0.15) is 0 Å². The number of hydrogen-bond donors (Lipinski definition) is 1. The van der Waals surface area contributed by atoms with Gasteiger partial charge in [-0.1, -0.05) is 35.9 Å². The molecule has 3 aromatic rings. The normalized spacial score (nSPS) is 10.4. The van der Waals surface area contributed by atoms with Crippen LogP contribution in [0.5, 0.6) is 5.75 Å². The quantitative estimate of drug-likeness (QED) is 0.591. The number of anilines is 2. The number of fused-ring (bicyclic) bond motifs is 1. The second kappa shape index (κ2) is 9.30. The van der Waals surface area contributed by atoms with E-state index in [1.165, 1.54) is 0 Å². The smallest absolute Gasteiger partial charge is 0.344 e. The number of benzene rings is 3. The van der Waals surface area contributed by atoms with Crippen LogP contribution < -0.4 is 15.0 Å². The monoisotopic (exact) mass is 412 g/mol. The minimum absolute atomic E-state index is 0.309. The molecule has 0 saturated heterocycles. The first kappa shape index (κ1) is 20.5. The highest BCUT2D eigenvalue weighted by Crippen LogP contribution is 2.31. The Hall–Kier alpha value is -3.25. The average Bonchev–Trinajstić information content (AvgIpc) is 2.72. The third kappa shape index (κ3) is 5.39. The lowest BCUT2D eigenvalue weighted by atomic mass is 10.1. The van der Waals surface area contributed by atoms with E-state index in [2.05, 4.69) is 5.32 Å². The summed E-state index contributed by atoms with van der Waals surface area (Å²) in [5, 5.41) is 4.91. The number of amides is 1. The Morgan fingerprint density at radius 1 is 0.931 bits per heavy atom. The van der Waals surface area contributed by atoms with Crippen LogP contribution in [-0.4, -0.2) is 39.2 Å². The van der Waals surface area contributed by atoms with Gasteiger partial charge in [-0.15, -0.1) is 0 Å². The number of carbonyl (C=O) groups excluding carboxylic acids is 2. The average molecular weight is 413 g/mol. The molecular formula is C22H21ClN2O4. The molecule has 150 valence electrons. The minimum atomic E-state index is -0.637. The van der Waals surface area contributed by atoms with Gasteiger partial charge in [0.1, 0.15) is 5.75 Å². The van der Waals surface area contributed by atoms with Crippen molar-refractivity contribution in [2.75, 3.05) is 37.5 Å². The topological polar surface area (TPSA) is 67.9 Å². The highest BCUT2D eigenvalue weighted by molar-refractivity contribution is 6.35. The van der Waals surface area contributed by atoms with Crippen LogP contribution in [0.3, 0.4) is 0 Å². The Balaban J connectivity index is 1.49. The fourth-order valence-electron chi connectivity index (χ4n) is 2.72. The molecule has 0 heterocycles. The molecule has 0 aliphatic rings. The van der Waals surface area contributed by atoms with E-state index < -0.39 is 11.9 Å². The van der Waals surface area contributed by atoms with Crippen molar-refractivity contribution in [2.24, 2.45) is 0 Å². The first-order valence-electron chi connectivity index (χ1n) is 8.97. The van der Waals surface area contributed by atoms with E-state index in [9.17, 15) is 9.59 Å². The molecule has 7 heteroatoms. The molecule has 0 aliphatic heterocycles. The molecule has 6 nitrogen and oxygen atoms in total. The van der Waals surface area contributed by atoms with Gasteiger partial charge in [-0.05, 0) is 36.4 Å². The van der Waals surface area contributed by atoms with Crippen LogP contribution in [0, 0.1) is 0 Å². The number of carbonyl (C=O) groups is 2. The van der Waals surface area contributed by atoms with Gasteiger partial charge in [-0.25, -0.2) is 4.79 Å². The van der Waals surface area contributed by atoms with Crippen molar-refractivity contribution in [2.45, 2.75) is 0 Å². The van der Waals surface area contributed by atoms with Crippen molar-refractivity contribution in [3.63, 3.8) is 0 Å². The summed E-state index contributed by atoms with van der Waals surface area (Å²) in [7, 11) is 3.86. The number of nitrogens with one attached hydrogen (secondary N) is 1. The van der Waals surface area contributed by atoms with Crippen molar-refractivity contribution < 1.29 is 19.1 Å². The van der Waals surface area contributed by atoms with Crippen LogP contribution in [0.25, 0.3) is 10.8 Å². The Bertz CT molecular complexity index is 1020. The zero-order valence-electron chi connectivity index (χ0n) is 16.1. The number of rotatable bonds is 7. The summed E-state index contributed by atoms with van der Waals surface area (Å²) in [6.45, 7) is -0.699. The van der Waals surface area contributed by atoms with Gasteiger partial charge in [0, 0.05) is 41.3 Å². The lowest BCUT2D eigenvalue weighted by Gasteiger charge is -2.13. The maximum Gasteiger partial charge on any atom is 0.344 e. The number of hydrogen-bond acceptors (Lipinski definition) is 5. The lowest BCUT2D eigenvalue weighted by molar-refractivity contribution is -0.149. The van der Waals surface area contributed by atoms with E-state index >= 15 is 0 Å². The standard InChI is InChI=1S/C22H21ClN2O4/c1-25(2)16-9-7-15(8-10-16)24-21(26)13-29-22(27)14-28-20-12-11-19(23)17-5-3-4-6-18(17)20/h3-12H,13-14H2,1-2H3,(H,24,26). The maximum absolute atomic E-state index is 12.0. The van der Waals surface area contributed by atoms with Gasteiger partial charge in [0.25, 0.3) is 5.91 Å². The Kier molecular flexibility index (Phi) is 6.57. The molecule has 1 amide bonds. The largest absolute Gasteiger partial charge is 0.481 e. The maximum atomic E-state index is 12.0. The molecule has 29 heavy (non-hydrogen) atoms. The minimum Gasteiger partial charge on any atom is -0.481 e. The van der Waals surface area contributed by atoms with E-state index in [1.54, 1.807) is 24.3 Å². The van der Waals surface area contributed by atoms with Crippen LogP contribution in [0.2, 0.25) is 5.02 Å². The molecule has 0 unspecified atom stereocenters. The number of esters is 1. The SMILES string of the molecule is CN(C)c1ccc(NC(=O)COC(=O)COc2ccc(Cl)c3ccccc23)cc1. The molecular weight excluding hydrogens is 392 g/mol. The second-order valence-corrected chi connectivity index (χ2v) is 6.94. The van der Waals surface area contributed by atoms with Gasteiger partial charge < -0.3 is 19.7 Å². The van der Waals surface area contributed by atoms with E-state index in [-0.39, 0.29) is 13.2 Å². The van der Waals surface area contributed by atoms with Crippen molar-refractivity contribution in [1.29, 1.82) is 0 Å². The van der Waals surface area contributed by atoms with Crippen molar-refractivity contribution >= 4 is 45.6 Å². The molecule has 0 saturated carbocycles. The van der Waals surface area contributed by atoms with Gasteiger partial charge in [0.15, 0.2) is 13.2 Å². The highest BCUT2D eigenvalue weighted by Gasteiger charge is 2.11. The molecule has 0 fully saturated rings. The fraction of sp³-hybridized carbons (Fsp3) is 0.182. The Labute approximate surface area is 174 Å². The van der Waals surface area contributed by atoms with Gasteiger partial charge in [-0.2, -0.15) is 0 Å². The number of halogens is 1. The van der Waals surface area contributed by atoms with Crippen molar-refractivity contribution in [3.8, 4) is 5.75 Å². The zero-order chi connectivity index (χ0) is 20.8. The van der Waals surface area contributed by atoms with Gasteiger partial charge in [0.05, 0.1) is 0 Å². The predicted molar refractivity (Wildman–Crippen MR) is 115 cm³/mol. The molecule has 3 aromatic carbocycles. The summed E-state index contributed by atoms with van der Waals surface area (Å²) >= 11 is 6.17. The van der Waals surface area contributed by atoms with Gasteiger partial charge >= 0.3 is 5.97 Å². The number of ether oxygens (including phenoxy) is 2. The summed E-state index contributed by atoms with van der Waals surface area (Å²) in [6, 6.07) is 18.2. The number of nitrogens with zero attached hydrogens (tertiary/aromatic N) is 1. The summed E-state index contributed by atoms with van der Waals surface area (Å²) in [5.41, 5.74) is 1.64. The van der Waals surface area contributed by atoms with Gasteiger partial charge in [0.2, 0.25) is 0 Å². The third-order valence-corrected chi connectivity index (χ3v) is 4.54. The van der Waals surface area contributed by atoms with Crippen LogP contribution in [0.4, 0.5) is 11.4 Å². The zero-order valence-corrected chi connectivity index (χ0v) is 16.9. The summed E-state index contributed by atoms with van der Waals surface area (Å²) in [6.07, 6.45) is 0. The summed E-state index contributed by atoms with van der Waals surface area (Å²) in [5.74, 6) is -0.539. The molecule has 0 aliphatic carbocycles. The molecule has 1 N–H and O–H groups in total. The van der Waals surface area contributed by atoms with E-state index in [4.69, 9.17) is 21.1 Å². The summed E-state index contributed by atoms with van der Waals surface area (Å²) < 4.78 is 10.5. The predicted octanol–water partition coefficient (Wildman–Crippen LogP) is 4.12. The first-order chi connectivity index (χ1) is 13.9. The molecule has 0 bridgehead atoms. The first-order valence-corrected chi connectivity index (χ1v) is 9.35. The summed E-state index contributed by atoms with van der Waals surface area (Å²) in [4.78, 5) is 25.9. The van der Waals surface area contributed by atoms with Crippen LogP contribution in [0.15, 0.2) is 60.7 Å². The second-order valence-electron chi connectivity index (χ2n) is 6.53. The third-order valence-electron chi connectivity index (χ3n) is 4.21. The van der Waals surface area contributed by atoms with E-state index in [1.807, 2.05) is 55.4 Å². The highest BCUT2D eigenvalue weighted by atomic mass is 35.5. The Morgan fingerprint density at radius 2 is 1.62 bits per heavy atom.